The van der Waals surface area contributed by atoms with Gasteiger partial charge in [0.05, 0.1) is 22.2 Å². The van der Waals surface area contributed by atoms with Crippen molar-refractivity contribution < 1.29 is 0 Å². The average Bonchev–Trinajstić information content (AvgIpc) is 2.85. The summed E-state index contributed by atoms with van der Waals surface area (Å²) in [6.45, 7) is 1.82. The minimum absolute atomic E-state index is 0.105. The molecule has 5 rings (SSSR count). The number of rotatable bonds is 3. The maximum Gasteiger partial charge on any atom is 0.265 e. The lowest BCUT2D eigenvalue weighted by atomic mass is 10.00. The Morgan fingerprint density at radius 1 is 1.03 bits per heavy atom. The van der Waals surface area contributed by atoms with Crippen molar-refractivity contribution in [3.8, 4) is 34.1 Å². The molecule has 8 heteroatoms. The number of pyridine rings is 2. The lowest BCUT2D eigenvalue weighted by Gasteiger charge is -2.13. The summed E-state index contributed by atoms with van der Waals surface area (Å²) in [6, 6.07) is 21.1. The minimum atomic E-state index is -0.105. The number of benzene rings is 2. The van der Waals surface area contributed by atoms with Crippen molar-refractivity contribution in [2.45, 2.75) is 6.92 Å². The van der Waals surface area contributed by atoms with Crippen molar-refractivity contribution in [1.29, 1.82) is 5.26 Å². The van der Waals surface area contributed by atoms with E-state index >= 15 is 0 Å². The Labute approximate surface area is 213 Å². The molecule has 6 nitrogen and oxygen atoms in total. The average molecular weight is 573 g/mol. The van der Waals surface area contributed by atoms with E-state index in [2.05, 4.69) is 43.6 Å². The number of nitrogens with zero attached hydrogens (tertiary/aromatic N) is 4. The second-order valence-corrected chi connectivity index (χ2v) is 9.31. The first kappa shape index (κ1) is 22.1. The van der Waals surface area contributed by atoms with Crippen LogP contribution in [0, 0.1) is 26.5 Å². The first-order valence-corrected chi connectivity index (χ1v) is 11.8. The molecule has 164 valence electrons. The first-order chi connectivity index (χ1) is 16.5. The van der Waals surface area contributed by atoms with Gasteiger partial charge in [0.1, 0.15) is 16.5 Å². The van der Waals surface area contributed by atoms with Gasteiger partial charge in [-0.3, -0.25) is 14.3 Å². The number of hydrogen-bond donors (Lipinski definition) is 1. The highest BCUT2D eigenvalue weighted by Crippen LogP contribution is 2.29. The molecule has 0 fully saturated rings. The Kier molecular flexibility index (Phi) is 5.81. The fourth-order valence-electron chi connectivity index (χ4n) is 3.95. The Hall–Kier alpha value is -3.68. The van der Waals surface area contributed by atoms with Gasteiger partial charge in [0.2, 0.25) is 0 Å². The van der Waals surface area contributed by atoms with Crippen molar-refractivity contribution >= 4 is 45.7 Å². The maximum absolute atomic E-state index is 13.2. The van der Waals surface area contributed by atoms with Crippen molar-refractivity contribution in [3.05, 3.63) is 103 Å². The van der Waals surface area contributed by atoms with E-state index in [1.54, 1.807) is 17.0 Å². The van der Waals surface area contributed by atoms with E-state index in [4.69, 9.17) is 12.2 Å². The van der Waals surface area contributed by atoms with Crippen molar-refractivity contribution in [2.75, 3.05) is 0 Å². The number of aromatic nitrogens is 4. The van der Waals surface area contributed by atoms with E-state index in [0.29, 0.717) is 26.9 Å². The molecule has 3 aromatic heterocycles. The number of H-pyrrole nitrogens is 1. The van der Waals surface area contributed by atoms with Gasteiger partial charge in [-0.1, -0.05) is 24.4 Å². The first-order valence-electron chi connectivity index (χ1n) is 10.3. The Morgan fingerprint density at radius 3 is 2.47 bits per heavy atom. The minimum Gasteiger partial charge on any atom is -0.345 e. The van der Waals surface area contributed by atoms with Crippen LogP contribution in [0.4, 0.5) is 0 Å². The van der Waals surface area contributed by atoms with Crippen LogP contribution >= 0.6 is 34.8 Å². The van der Waals surface area contributed by atoms with Crippen molar-refractivity contribution in [2.24, 2.45) is 0 Å². The van der Waals surface area contributed by atoms with E-state index in [1.165, 1.54) is 0 Å². The maximum atomic E-state index is 13.2. The number of fused-ring (bicyclic) bond motifs is 1. The van der Waals surface area contributed by atoms with E-state index in [-0.39, 0.29) is 5.56 Å². The van der Waals surface area contributed by atoms with E-state index in [1.807, 2.05) is 67.6 Å². The Bertz CT molecular complexity index is 1720. The fraction of sp³-hybridized carbons (Fsp3) is 0.0385. The molecule has 0 saturated heterocycles. The third-order valence-electron chi connectivity index (χ3n) is 5.57. The van der Waals surface area contributed by atoms with E-state index < -0.39 is 0 Å². The Balaban J connectivity index is 1.62. The van der Waals surface area contributed by atoms with Crippen LogP contribution < -0.4 is 5.56 Å². The second kappa shape index (κ2) is 8.93. The van der Waals surface area contributed by atoms with E-state index in [9.17, 15) is 10.1 Å². The smallest absolute Gasteiger partial charge is 0.265 e. The van der Waals surface area contributed by atoms with Gasteiger partial charge in [-0.15, -0.1) is 0 Å². The topological polar surface area (TPSA) is 87.4 Å². The van der Waals surface area contributed by atoms with Gasteiger partial charge in [0, 0.05) is 27.2 Å². The second-order valence-electron chi connectivity index (χ2n) is 7.66. The molecule has 0 amide bonds. The van der Waals surface area contributed by atoms with Gasteiger partial charge >= 0.3 is 0 Å². The summed E-state index contributed by atoms with van der Waals surface area (Å²) in [7, 11) is 0. The molecule has 0 radical (unpaired) electrons. The lowest BCUT2D eigenvalue weighted by molar-refractivity contribution is 0.895. The van der Waals surface area contributed by atoms with Crippen LogP contribution in [0.15, 0.2) is 77.9 Å². The molecule has 5 aromatic rings. The molecule has 0 bridgehead atoms. The van der Waals surface area contributed by atoms with Gasteiger partial charge < -0.3 is 4.98 Å². The van der Waals surface area contributed by atoms with Gasteiger partial charge in [0.15, 0.2) is 0 Å². The molecule has 1 N–H and O–H groups in total. The molecule has 0 spiro atoms. The molecule has 0 atom stereocenters. The SMILES string of the molecule is Cc1nc2ccc(I)cc2c(=O)n1-c1ccc(-c2cc(-c3ccncc3)c(C#N)c(=S)[nH]2)cc1. The number of nitriles is 1. The molecular formula is C26H16IN5OS. The molecule has 0 aliphatic rings. The van der Waals surface area contributed by atoms with Crippen molar-refractivity contribution in [3.63, 3.8) is 0 Å². The highest BCUT2D eigenvalue weighted by Gasteiger charge is 2.13. The molecule has 2 aromatic carbocycles. The zero-order valence-electron chi connectivity index (χ0n) is 17.9. The van der Waals surface area contributed by atoms with Crippen LogP contribution in [0.3, 0.4) is 0 Å². The van der Waals surface area contributed by atoms with Crippen molar-refractivity contribution in [1.82, 2.24) is 19.5 Å². The predicted molar refractivity (Wildman–Crippen MR) is 143 cm³/mol. The van der Waals surface area contributed by atoms with Crippen LogP contribution in [0.2, 0.25) is 0 Å². The van der Waals surface area contributed by atoms with Crippen LogP contribution in [-0.2, 0) is 0 Å². The number of hydrogen-bond acceptors (Lipinski definition) is 5. The molecule has 0 unspecified atom stereocenters. The lowest BCUT2D eigenvalue weighted by Crippen LogP contribution is -2.22. The van der Waals surface area contributed by atoms with Crippen LogP contribution in [0.1, 0.15) is 11.4 Å². The number of aryl methyl sites for hydroxylation is 1. The quantitative estimate of drug-likeness (QED) is 0.213. The number of aromatic amines is 1. The third-order valence-corrected chi connectivity index (χ3v) is 6.55. The van der Waals surface area contributed by atoms with Crippen LogP contribution in [-0.4, -0.2) is 19.5 Å². The zero-order chi connectivity index (χ0) is 23.8. The summed E-state index contributed by atoms with van der Waals surface area (Å²) in [5.41, 5.74) is 4.98. The van der Waals surface area contributed by atoms with Crippen LogP contribution in [0.5, 0.6) is 0 Å². The molecule has 0 aliphatic heterocycles. The third kappa shape index (κ3) is 3.93. The monoisotopic (exact) mass is 573 g/mol. The standard InChI is InChI=1S/C26H16IN5OS/c1-15-30-23-7-4-18(27)12-21(23)26(33)32(15)19-5-2-17(3-6-19)24-13-20(16-8-10-29-11-9-16)22(14-28)25(34)31-24/h2-13H,1H3,(H,31,34). The zero-order valence-corrected chi connectivity index (χ0v) is 20.9. The van der Waals surface area contributed by atoms with Gasteiger partial charge in [0.25, 0.3) is 5.56 Å². The number of halogens is 1. The molecule has 34 heavy (non-hydrogen) atoms. The molecule has 3 heterocycles. The summed E-state index contributed by atoms with van der Waals surface area (Å²) >= 11 is 7.66. The normalized spacial score (nSPS) is 10.9. The summed E-state index contributed by atoms with van der Waals surface area (Å²) in [5, 5.41) is 10.2. The fourth-order valence-corrected chi connectivity index (χ4v) is 4.71. The summed E-state index contributed by atoms with van der Waals surface area (Å²) in [5.74, 6) is 0.615. The molecular weight excluding hydrogens is 557 g/mol. The van der Waals surface area contributed by atoms with Crippen LogP contribution in [0.25, 0.3) is 39.0 Å². The van der Waals surface area contributed by atoms with Gasteiger partial charge in [-0.05, 0) is 89.2 Å². The predicted octanol–water partition coefficient (Wildman–Crippen LogP) is 5.96. The van der Waals surface area contributed by atoms with E-state index in [0.717, 1.165) is 31.6 Å². The summed E-state index contributed by atoms with van der Waals surface area (Å²) in [4.78, 5) is 25.1. The highest BCUT2D eigenvalue weighted by molar-refractivity contribution is 14.1. The summed E-state index contributed by atoms with van der Waals surface area (Å²) in [6.07, 6.45) is 3.37. The highest BCUT2D eigenvalue weighted by atomic mass is 127. The Morgan fingerprint density at radius 2 is 1.76 bits per heavy atom. The van der Waals surface area contributed by atoms with Gasteiger partial charge in [-0.2, -0.15) is 5.26 Å². The summed E-state index contributed by atoms with van der Waals surface area (Å²) < 4.78 is 2.97. The number of nitrogens with one attached hydrogen (secondary N) is 1. The molecule has 0 aliphatic carbocycles. The molecule has 0 saturated carbocycles. The largest absolute Gasteiger partial charge is 0.345 e. The van der Waals surface area contributed by atoms with Gasteiger partial charge in [-0.25, -0.2) is 4.98 Å².